The van der Waals surface area contributed by atoms with E-state index in [0.29, 0.717) is 47.0 Å². The maximum atomic E-state index is 14.9. The molecule has 7 nitrogen and oxygen atoms in total. The molecule has 4 aliphatic heterocycles. The van der Waals surface area contributed by atoms with Crippen LogP contribution in [0, 0.1) is 18.2 Å². The average Bonchev–Trinajstić information content (AvgIpc) is 3.70. The highest BCUT2D eigenvalue weighted by atomic mass is 32.2. The number of rotatable bonds is 5. The Hall–Kier alpha value is -3.81. The molecule has 3 atom stereocenters. The summed E-state index contributed by atoms with van der Waals surface area (Å²) in [4.78, 5) is 14.2. The monoisotopic (exact) mass is 642 g/mol. The Balaban J connectivity index is 1.22. The molecule has 4 aromatic rings. The van der Waals surface area contributed by atoms with Crippen LogP contribution in [0.5, 0.6) is 11.8 Å². The molecule has 8 rings (SSSR count). The molecular weight excluding hydrogens is 606 g/mol. The van der Waals surface area contributed by atoms with Gasteiger partial charge in [0.05, 0.1) is 16.6 Å². The number of benzene rings is 3. The molecule has 1 unspecified atom stereocenters. The molecule has 46 heavy (non-hydrogen) atoms. The number of terminal acetylenes is 1. The highest BCUT2D eigenvalue weighted by molar-refractivity contribution is 7.86. The van der Waals surface area contributed by atoms with Crippen LogP contribution in [0.15, 0.2) is 42.5 Å². The van der Waals surface area contributed by atoms with Gasteiger partial charge in [-0.2, -0.15) is 9.97 Å². The molecule has 0 saturated carbocycles. The first-order valence-electron chi connectivity index (χ1n) is 16.2. The van der Waals surface area contributed by atoms with Crippen molar-refractivity contribution in [3.63, 3.8) is 0 Å². The summed E-state index contributed by atoms with van der Waals surface area (Å²) < 4.78 is 48.5. The molecule has 3 aromatic carbocycles. The summed E-state index contributed by atoms with van der Waals surface area (Å²) in [6, 6.07) is 12.1. The zero-order valence-electron chi connectivity index (χ0n) is 25.6. The lowest BCUT2D eigenvalue weighted by Crippen LogP contribution is -2.45. The van der Waals surface area contributed by atoms with E-state index >= 15 is 0 Å². The molecular formula is C36H36F2N4O3S. The fourth-order valence-corrected chi connectivity index (χ4v) is 10.3. The fourth-order valence-electron chi connectivity index (χ4n) is 8.47. The number of fused-ring (bicyclic) bond motifs is 3. The molecule has 5 heterocycles. The SMILES string of the molecule is C#Cc1c(F)ccc2cc(O)cc(-c3ccc4c(N5CCC6(CCCS6=O)CC5)nc(OC[C@@]56CCCN5C[C@H](F)C6)nc4c3)c12. The van der Waals surface area contributed by atoms with E-state index in [4.69, 9.17) is 21.1 Å². The number of aromatic nitrogens is 2. The van der Waals surface area contributed by atoms with Gasteiger partial charge in [-0.25, -0.2) is 8.78 Å². The number of phenolic OH excluding ortho intramolecular Hbond substituents is 1. The lowest BCUT2D eigenvalue weighted by molar-refractivity contribution is 0.107. The number of halogens is 2. The Morgan fingerprint density at radius 3 is 2.70 bits per heavy atom. The highest BCUT2D eigenvalue weighted by Crippen LogP contribution is 2.43. The summed E-state index contributed by atoms with van der Waals surface area (Å²) in [5.74, 6) is 3.56. The molecule has 0 amide bonds. The van der Waals surface area contributed by atoms with Crippen molar-refractivity contribution in [2.45, 2.75) is 61.4 Å². The van der Waals surface area contributed by atoms with E-state index in [9.17, 15) is 18.1 Å². The van der Waals surface area contributed by atoms with Crippen molar-refractivity contribution >= 4 is 38.3 Å². The normalized spacial score (nSPS) is 25.8. The number of nitrogens with zero attached hydrogens (tertiary/aromatic N) is 4. The first kappa shape index (κ1) is 29.6. The van der Waals surface area contributed by atoms with E-state index in [1.807, 2.05) is 18.2 Å². The number of ether oxygens (including phenoxy) is 1. The average molecular weight is 643 g/mol. The predicted molar refractivity (Wildman–Crippen MR) is 177 cm³/mol. The Kier molecular flexibility index (Phi) is 7.18. The standard InChI is InChI=1S/C36H36F2N4O3S/c1-2-27-30(38)8-6-24-17-26(43)19-29(32(24)27)23-5-7-28-31(18-23)39-34(45-22-35-9-3-13-42(35)21-25(37)20-35)40-33(28)41-14-11-36(12-15-41)10-4-16-46(36)44/h1,5-8,17-19,25,43H,3-4,9-16,20-22H2/t25-,35+,46?/m1/s1. The first-order chi connectivity index (χ1) is 22.3. The second kappa shape index (κ2) is 11.2. The summed E-state index contributed by atoms with van der Waals surface area (Å²) >= 11 is 0. The van der Waals surface area contributed by atoms with Crippen LogP contribution in [0.1, 0.15) is 50.5 Å². The third-order valence-corrected chi connectivity index (χ3v) is 13.1. The Labute approximate surface area is 269 Å². The van der Waals surface area contributed by atoms with Gasteiger partial charge in [-0.1, -0.05) is 18.1 Å². The summed E-state index contributed by atoms with van der Waals surface area (Å²) in [6.07, 6.45) is 10.9. The van der Waals surface area contributed by atoms with E-state index in [2.05, 4.69) is 15.7 Å². The third kappa shape index (κ3) is 4.82. The molecule has 4 fully saturated rings. The molecule has 1 aromatic heterocycles. The fraction of sp³-hybridized carbons (Fsp3) is 0.444. The zero-order valence-corrected chi connectivity index (χ0v) is 26.4. The number of hydrogen-bond donors (Lipinski definition) is 1. The highest BCUT2D eigenvalue weighted by Gasteiger charge is 2.49. The van der Waals surface area contributed by atoms with Crippen molar-refractivity contribution in [2.24, 2.45) is 0 Å². The zero-order chi connectivity index (χ0) is 31.6. The van der Waals surface area contributed by atoms with Crippen LogP contribution in [-0.2, 0) is 10.8 Å². The second-order valence-corrected chi connectivity index (χ2v) is 15.4. The molecule has 0 radical (unpaired) electrons. The largest absolute Gasteiger partial charge is 0.508 e. The van der Waals surface area contributed by atoms with Gasteiger partial charge >= 0.3 is 6.01 Å². The van der Waals surface area contributed by atoms with Gasteiger partial charge in [0.25, 0.3) is 0 Å². The molecule has 238 valence electrons. The minimum Gasteiger partial charge on any atom is -0.508 e. The lowest BCUT2D eigenvalue weighted by Gasteiger charge is -2.39. The maximum absolute atomic E-state index is 14.9. The number of hydrogen-bond acceptors (Lipinski definition) is 7. The summed E-state index contributed by atoms with van der Waals surface area (Å²) in [5, 5.41) is 12.6. The van der Waals surface area contributed by atoms with Crippen molar-refractivity contribution in [2.75, 3.05) is 43.4 Å². The van der Waals surface area contributed by atoms with Crippen LogP contribution in [-0.4, -0.2) is 79.2 Å². The smallest absolute Gasteiger partial charge is 0.319 e. The van der Waals surface area contributed by atoms with Gasteiger partial charge in [0.15, 0.2) is 0 Å². The van der Waals surface area contributed by atoms with E-state index < -0.39 is 22.8 Å². The maximum Gasteiger partial charge on any atom is 0.319 e. The van der Waals surface area contributed by atoms with Crippen LogP contribution < -0.4 is 9.64 Å². The first-order valence-corrected chi connectivity index (χ1v) is 17.5. The number of phenols is 1. The van der Waals surface area contributed by atoms with Crippen LogP contribution in [0.2, 0.25) is 0 Å². The Morgan fingerprint density at radius 2 is 1.91 bits per heavy atom. The van der Waals surface area contributed by atoms with Gasteiger partial charge < -0.3 is 14.7 Å². The van der Waals surface area contributed by atoms with Crippen molar-refractivity contribution in [3.05, 3.63) is 53.8 Å². The molecule has 1 spiro atoms. The summed E-state index contributed by atoms with van der Waals surface area (Å²) in [5.41, 5.74) is 1.72. The van der Waals surface area contributed by atoms with Gasteiger partial charge in [0, 0.05) is 58.1 Å². The minimum atomic E-state index is -0.865. The van der Waals surface area contributed by atoms with Gasteiger partial charge in [0.2, 0.25) is 0 Å². The number of piperidine rings is 1. The molecule has 0 bridgehead atoms. The van der Waals surface area contributed by atoms with Crippen molar-refractivity contribution < 1.29 is 22.8 Å². The van der Waals surface area contributed by atoms with Crippen molar-refractivity contribution in [1.29, 1.82) is 0 Å². The third-order valence-electron chi connectivity index (χ3n) is 10.8. The van der Waals surface area contributed by atoms with Gasteiger partial charge in [-0.05, 0) is 91.9 Å². The van der Waals surface area contributed by atoms with Crippen LogP contribution in [0.25, 0.3) is 32.8 Å². The van der Waals surface area contributed by atoms with Crippen LogP contribution in [0.3, 0.4) is 0 Å². The molecule has 0 aliphatic carbocycles. The predicted octanol–water partition coefficient (Wildman–Crippen LogP) is 6.11. The topological polar surface area (TPSA) is 78.8 Å². The molecule has 10 heteroatoms. The number of aromatic hydroxyl groups is 1. The Morgan fingerprint density at radius 1 is 1.07 bits per heavy atom. The number of alkyl halides is 1. The van der Waals surface area contributed by atoms with E-state index in [1.54, 1.807) is 18.2 Å². The van der Waals surface area contributed by atoms with E-state index in [0.717, 1.165) is 75.1 Å². The van der Waals surface area contributed by atoms with Gasteiger partial charge in [-0.3, -0.25) is 9.11 Å². The molecule has 1 N–H and O–H groups in total. The van der Waals surface area contributed by atoms with Crippen LogP contribution >= 0.6 is 0 Å². The quantitative estimate of drug-likeness (QED) is 0.263. The molecule has 4 saturated heterocycles. The summed E-state index contributed by atoms with van der Waals surface area (Å²) in [6.45, 7) is 3.06. The second-order valence-electron chi connectivity index (χ2n) is 13.4. The van der Waals surface area contributed by atoms with Crippen LogP contribution in [0.4, 0.5) is 14.6 Å². The number of anilines is 1. The minimum absolute atomic E-state index is 0.0410. The summed E-state index contributed by atoms with van der Waals surface area (Å²) in [7, 11) is -0.805. The van der Waals surface area contributed by atoms with Crippen molar-refractivity contribution in [3.8, 4) is 35.2 Å². The molecule has 4 aliphatic rings. The van der Waals surface area contributed by atoms with E-state index in [-0.39, 0.29) is 27.6 Å². The van der Waals surface area contributed by atoms with E-state index in [1.165, 1.54) is 6.07 Å². The van der Waals surface area contributed by atoms with Gasteiger partial charge in [-0.15, -0.1) is 6.42 Å². The lowest BCUT2D eigenvalue weighted by atomic mass is 9.91. The van der Waals surface area contributed by atoms with Gasteiger partial charge in [0.1, 0.15) is 30.2 Å². The Bertz CT molecular complexity index is 1940. The van der Waals surface area contributed by atoms with Crippen molar-refractivity contribution in [1.82, 2.24) is 14.9 Å².